The number of hydrogen-bond donors (Lipinski definition) is 1. The molecule has 1 amide bonds. The fourth-order valence-corrected chi connectivity index (χ4v) is 2.66. The number of hydrogen-bond acceptors (Lipinski definition) is 3. The SMILES string of the molecule is CCc1cccc(OCC(=O)N2CCCC2(C)C(=O)O)c1. The Bertz CT molecular complexity index is 543. The van der Waals surface area contributed by atoms with Crippen LogP contribution in [-0.4, -0.2) is 40.6 Å². The van der Waals surface area contributed by atoms with Crippen LogP contribution in [-0.2, 0) is 16.0 Å². The number of aliphatic carboxylic acids is 1. The molecule has 1 aliphatic heterocycles. The van der Waals surface area contributed by atoms with Crippen LogP contribution in [0.5, 0.6) is 5.75 Å². The summed E-state index contributed by atoms with van der Waals surface area (Å²) in [7, 11) is 0. The number of likely N-dealkylation sites (tertiary alicyclic amines) is 1. The van der Waals surface area contributed by atoms with E-state index in [-0.39, 0.29) is 12.5 Å². The van der Waals surface area contributed by atoms with E-state index in [1.807, 2.05) is 25.1 Å². The summed E-state index contributed by atoms with van der Waals surface area (Å²) < 4.78 is 5.51. The quantitative estimate of drug-likeness (QED) is 0.902. The topological polar surface area (TPSA) is 66.8 Å². The monoisotopic (exact) mass is 291 g/mol. The largest absolute Gasteiger partial charge is 0.484 e. The molecular weight excluding hydrogens is 270 g/mol. The molecule has 1 aliphatic rings. The fourth-order valence-electron chi connectivity index (χ4n) is 2.66. The second kappa shape index (κ2) is 6.16. The lowest BCUT2D eigenvalue weighted by Gasteiger charge is -2.31. The van der Waals surface area contributed by atoms with Crippen molar-refractivity contribution in [2.45, 2.75) is 38.6 Å². The van der Waals surface area contributed by atoms with E-state index in [0.717, 1.165) is 12.0 Å². The van der Waals surface area contributed by atoms with Gasteiger partial charge in [-0.05, 0) is 43.9 Å². The van der Waals surface area contributed by atoms with Crippen molar-refractivity contribution >= 4 is 11.9 Å². The number of carboxylic acid groups (broad SMARTS) is 1. The molecule has 0 spiro atoms. The van der Waals surface area contributed by atoms with Crippen molar-refractivity contribution in [3.8, 4) is 5.75 Å². The van der Waals surface area contributed by atoms with E-state index in [1.54, 1.807) is 13.0 Å². The first-order valence-corrected chi connectivity index (χ1v) is 7.23. The van der Waals surface area contributed by atoms with Crippen LogP contribution in [0, 0.1) is 0 Å². The number of carbonyl (C=O) groups excluding carboxylic acids is 1. The number of benzene rings is 1. The van der Waals surface area contributed by atoms with Gasteiger partial charge in [0.25, 0.3) is 5.91 Å². The van der Waals surface area contributed by atoms with Gasteiger partial charge in [0.15, 0.2) is 6.61 Å². The third-order valence-corrected chi connectivity index (χ3v) is 4.07. The first-order chi connectivity index (χ1) is 9.97. The van der Waals surface area contributed by atoms with Gasteiger partial charge in [-0.25, -0.2) is 4.79 Å². The van der Waals surface area contributed by atoms with Crippen molar-refractivity contribution in [3.63, 3.8) is 0 Å². The van der Waals surface area contributed by atoms with Crippen molar-refractivity contribution in [2.24, 2.45) is 0 Å². The Kier molecular flexibility index (Phi) is 4.50. The normalized spacial score (nSPS) is 21.3. The summed E-state index contributed by atoms with van der Waals surface area (Å²) in [6.07, 6.45) is 2.09. The molecule has 1 N–H and O–H groups in total. The smallest absolute Gasteiger partial charge is 0.329 e. The zero-order chi connectivity index (χ0) is 15.5. The second-order valence-electron chi connectivity index (χ2n) is 5.52. The number of nitrogens with zero attached hydrogens (tertiary/aromatic N) is 1. The molecule has 114 valence electrons. The summed E-state index contributed by atoms with van der Waals surface area (Å²) in [6, 6.07) is 7.58. The maximum Gasteiger partial charge on any atom is 0.329 e. The van der Waals surface area contributed by atoms with Crippen molar-refractivity contribution < 1.29 is 19.4 Å². The molecule has 1 unspecified atom stereocenters. The molecule has 0 saturated carbocycles. The molecule has 0 bridgehead atoms. The van der Waals surface area contributed by atoms with Gasteiger partial charge in [0.1, 0.15) is 11.3 Å². The van der Waals surface area contributed by atoms with Gasteiger partial charge in [-0.2, -0.15) is 0 Å². The first-order valence-electron chi connectivity index (χ1n) is 7.23. The highest BCUT2D eigenvalue weighted by atomic mass is 16.5. The van der Waals surface area contributed by atoms with Crippen molar-refractivity contribution in [2.75, 3.05) is 13.2 Å². The Balaban J connectivity index is 2.00. The van der Waals surface area contributed by atoms with Gasteiger partial charge >= 0.3 is 5.97 Å². The molecule has 0 aliphatic carbocycles. The van der Waals surface area contributed by atoms with Gasteiger partial charge in [-0.3, -0.25) is 4.79 Å². The van der Waals surface area contributed by atoms with E-state index >= 15 is 0 Å². The maximum atomic E-state index is 12.2. The number of amides is 1. The highest BCUT2D eigenvalue weighted by Crippen LogP contribution is 2.29. The Morgan fingerprint density at radius 3 is 2.86 bits per heavy atom. The molecule has 1 saturated heterocycles. The van der Waals surface area contributed by atoms with Crippen LogP contribution in [0.4, 0.5) is 0 Å². The first kappa shape index (κ1) is 15.4. The van der Waals surface area contributed by atoms with Crippen LogP contribution in [0.15, 0.2) is 24.3 Å². The minimum atomic E-state index is -1.11. The second-order valence-corrected chi connectivity index (χ2v) is 5.52. The Labute approximate surface area is 124 Å². The highest BCUT2D eigenvalue weighted by molar-refractivity contribution is 5.88. The summed E-state index contributed by atoms with van der Waals surface area (Å²) in [4.78, 5) is 25.0. The molecule has 1 atom stereocenters. The van der Waals surface area contributed by atoms with Gasteiger partial charge in [0, 0.05) is 6.54 Å². The zero-order valence-corrected chi connectivity index (χ0v) is 12.5. The number of aryl methyl sites for hydroxylation is 1. The number of carboxylic acids is 1. The van der Waals surface area contributed by atoms with Crippen LogP contribution in [0.1, 0.15) is 32.3 Å². The zero-order valence-electron chi connectivity index (χ0n) is 12.5. The van der Waals surface area contributed by atoms with Gasteiger partial charge < -0.3 is 14.7 Å². The Hall–Kier alpha value is -2.04. The van der Waals surface area contributed by atoms with Crippen LogP contribution in [0.25, 0.3) is 0 Å². The molecule has 1 heterocycles. The van der Waals surface area contributed by atoms with E-state index in [0.29, 0.717) is 25.1 Å². The number of rotatable bonds is 5. The molecule has 0 radical (unpaired) electrons. The third kappa shape index (κ3) is 3.17. The summed E-state index contributed by atoms with van der Waals surface area (Å²) in [5.74, 6) is -0.598. The average molecular weight is 291 g/mol. The molecule has 21 heavy (non-hydrogen) atoms. The van der Waals surface area contributed by atoms with Crippen LogP contribution < -0.4 is 4.74 Å². The van der Waals surface area contributed by atoms with Crippen molar-refractivity contribution in [1.82, 2.24) is 4.90 Å². The lowest BCUT2D eigenvalue weighted by atomic mass is 9.99. The molecule has 2 rings (SSSR count). The van der Waals surface area contributed by atoms with Crippen LogP contribution >= 0.6 is 0 Å². The molecule has 1 fully saturated rings. The standard InChI is InChI=1S/C16H21NO4/c1-3-12-6-4-7-13(10-12)21-11-14(18)17-9-5-8-16(17,2)15(19)20/h4,6-7,10H,3,5,8-9,11H2,1-2H3,(H,19,20). The third-order valence-electron chi connectivity index (χ3n) is 4.07. The van der Waals surface area contributed by atoms with Gasteiger partial charge in [0.05, 0.1) is 0 Å². The summed E-state index contributed by atoms with van der Waals surface area (Å²) in [5.41, 5.74) is 0.0302. The predicted octanol–water partition coefficient (Wildman–Crippen LogP) is 2.09. The van der Waals surface area contributed by atoms with Gasteiger partial charge in [-0.1, -0.05) is 19.1 Å². The highest BCUT2D eigenvalue weighted by Gasteiger charge is 2.45. The molecular formula is C16H21NO4. The Morgan fingerprint density at radius 2 is 2.19 bits per heavy atom. The van der Waals surface area contributed by atoms with Gasteiger partial charge in [-0.15, -0.1) is 0 Å². The summed E-state index contributed by atoms with van der Waals surface area (Å²) >= 11 is 0. The lowest BCUT2D eigenvalue weighted by Crippen LogP contribution is -2.52. The predicted molar refractivity (Wildman–Crippen MR) is 78.3 cm³/mol. The van der Waals surface area contributed by atoms with E-state index in [1.165, 1.54) is 4.90 Å². The molecule has 1 aromatic carbocycles. The minimum Gasteiger partial charge on any atom is -0.484 e. The van der Waals surface area contributed by atoms with Gasteiger partial charge in [0.2, 0.25) is 0 Å². The summed E-state index contributed by atoms with van der Waals surface area (Å²) in [6.45, 7) is 3.99. The average Bonchev–Trinajstić information content (AvgIpc) is 2.88. The van der Waals surface area contributed by atoms with Crippen molar-refractivity contribution in [1.29, 1.82) is 0 Å². The molecule has 5 heteroatoms. The van der Waals surface area contributed by atoms with E-state index in [2.05, 4.69) is 0 Å². The Morgan fingerprint density at radius 1 is 1.43 bits per heavy atom. The molecule has 1 aromatic rings. The maximum absolute atomic E-state index is 12.2. The number of ether oxygens (including phenoxy) is 1. The van der Waals surface area contributed by atoms with Crippen molar-refractivity contribution in [3.05, 3.63) is 29.8 Å². The minimum absolute atomic E-state index is 0.129. The fraction of sp³-hybridized carbons (Fsp3) is 0.500. The van der Waals surface area contributed by atoms with E-state index < -0.39 is 11.5 Å². The summed E-state index contributed by atoms with van der Waals surface area (Å²) in [5, 5.41) is 9.31. The molecule has 5 nitrogen and oxygen atoms in total. The number of carbonyl (C=O) groups is 2. The lowest BCUT2D eigenvalue weighted by molar-refractivity contribution is -0.156. The van der Waals surface area contributed by atoms with E-state index in [4.69, 9.17) is 4.74 Å². The van der Waals surface area contributed by atoms with Crippen LogP contribution in [0.2, 0.25) is 0 Å². The van der Waals surface area contributed by atoms with Crippen LogP contribution in [0.3, 0.4) is 0 Å². The molecule has 0 aromatic heterocycles. The van der Waals surface area contributed by atoms with E-state index in [9.17, 15) is 14.7 Å².